The number of rotatable bonds is 5. The van der Waals surface area contributed by atoms with Gasteiger partial charge < -0.3 is 0 Å². The standard InChI is InChI=1S/C15H19N3S/c1-12(9-14-7-5-4-6-8-14)10-18(3)11-15-13(2)16-17-19-15/h4-9H,10-11H2,1-3H3. The lowest BCUT2D eigenvalue weighted by atomic mass is 10.1. The molecular formula is C15H19N3S. The van der Waals surface area contributed by atoms with Gasteiger partial charge in [0.1, 0.15) is 0 Å². The maximum Gasteiger partial charge on any atom is 0.0769 e. The van der Waals surface area contributed by atoms with Crippen LogP contribution in [0.3, 0.4) is 0 Å². The first kappa shape index (κ1) is 13.9. The van der Waals surface area contributed by atoms with Crippen LogP contribution < -0.4 is 0 Å². The Labute approximate surface area is 118 Å². The summed E-state index contributed by atoms with van der Waals surface area (Å²) in [4.78, 5) is 3.53. The zero-order chi connectivity index (χ0) is 13.7. The fourth-order valence-electron chi connectivity index (χ4n) is 2.00. The van der Waals surface area contributed by atoms with E-state index >= 15 is 0 Å². The molecule has 0 spiro atoms. The molecule has 0 N–H and O–H groups in total. The molecule has 0 unspecified atom stereocenters. The number of hydrogen-bond acceptors (Lipinski definition) is 4. The first-order chi connectivity index (χ1) is 9.15. The Bertz CT molecular complexity index is 546. The molecule has 3 nitrogen and oxygen atoms in total. The van der Waals surface area contributed by atoms with Gasteiger partial charge in [0, 0.05) is 13.1 Å². The van der Waals surface area contributed by atoms with E-state index in [0.29, 0.717) is 0 Å². The summed E-state index contributed by atoms with van der Waals surface area (Å²) >= 11 is 1.49. The molecule has 0 amide bonds. The summed E-state index contributed by atoms with van der Waals surface area (Å²) in [5, 5.41) is 4.04. The highest BCUT2D eigenvalue weighted by atomic mass is 32.1. The normalized spacial score (nSPS) is 12.1. The van der Waals surface area contributed by atoms with E-state index in [1.165, 1.54) is 27.5 Å². The van der Waals surface area contributed by atoms with Crippen molar-refractivity contribution in [2.45, 2.75) is 20.4 Å². The fraction of sp³-hybridized carbons (Fsp3) is 0.333. The number of likely N-dealkylation sites (N-methyl/N-ethyl adjacent to an activating group) is 1. The van der Waals surface area contributed by atoms with E-state index < -0.39 is 0 Å². The maximum atomic E-state index is 4.04. The van der Waals surface area contributed by atoms with Gasteiger partial charge in [0.15, 0.2) is 0 Å². The lowest BCUT2D eigenvalue weighted by Gasteiger charge is -2.16. The van der Waals surface area contributed by atoms with Crippen LogP contribution in [0, 0.1) is 6.92 Å². The molecule has 1 heterocycles. The van der Waals surface area contributed by atoms with Gasteiger partial charge in [-0.2, -0.15) is 0 Å². The van der Waals surface area contributed by atoms with Gasteiger partial charge in [-0.15, -0.1) is 5.10 Å². The Kier molecular flexibility index (Phi) is 4.82. The van der Waals surface area contributed by atoms with Crippen molar-refractivity contribution >= 4 is 17.6 Å². The van der Waals surface area contributed by atoms with Crippen LogP contribution in [0.5, 0.6) is 0 Å². The number of benzene rings is 1. The molecule has 0 fully saturated rings. The number of aromatic nitrogens is 2. The van der Waals surface area contributed by atoms with Crippen LogP contribution >= 0.6 is 11.5 Å². The highest BCUT2D eigenvalue weighted by molar-refractivity contribution is 7.05. The first-order valence-electron chi connectivity index (χ1n) is 6.34. The van der Waals surface area contributed by atoms with Crippen LogP contribution in [0.2, 0.25) is 0 Å². The molecule has 4 heteroatoms. The topological polar surface area (TPSA) is 29.0 Å². The second-order valence-corrected chi connectivity index (χ2v) is 5.69. The van der Waals surface area contributed by atoms with Gasteiger partial charge in [-0.1, -0.05) is 46.5 Å². The van der Waals surface area contributed by atoms with Gasteiger partial charge in [-0.25, -0.2) is 0 Å². The zero-order valence-corrected chi connectivity index (χ0v) is 12.4. The molecule has 0 saturated carbocycles. The Hall–Kier alpha value is -1.52. The summed E-state index contributed by atoms with van der Waals surface area (Å²) < 4.78 is 3.97. The van der Waals surface area contributed by atoms with Gasteiger partial charge in [0.05, 0.1) is 10.6 Å². The summed E-state index contributed by atoms with van der Waals surface area (Å²) in [5.41, 5.74) is 3.65. The number of hydrogen-bond donors (Lipinski definition) is 0. The summed E-state index contributed by atoms with van der Waals surface area (Å²) in [6, 6.07) is 10.4. The lowest BCUT2D eigenvalue weighted by molar-refractivity contribution is 0.358. The highest BCUT2D eigenvalue weighted by Crippen LogP contribution is 2.13. The summed E-state index contributed by atoms with van der Waals surface area (Å²) in [6.45, 7) is 6.04. The van der Waals surface area contributed by atoms with Crippen LogP contribution in [0.25, 0.3) is 6.08 Å². The summed E-state index contributed by atoms with van der Waals surface area (Å²) in [5.74, 6) is 0. The van der Waals surface area contributed by atoms with E-state index in [2.05, 4.69) is 58.8 Å². The van der Waals surface area contributed by atoms with E-state index in [4.69, 9.17) is 0 Å². The second-order valence-electron chi connectivity index (χ2n) is 4.86. The average Bonchev–Trinajstić information content (AvgIpc) is 2.76. The molecule has 1 aromatic carbocycles. The van der Waals surface area contributed by atoms with Gasteiger partial charge in [-0.3, -0.25) is 4.90 Å². The zero-order valence-electron chi connectivity index (χ0n) is 11.6. The van der Waals surface area contributed by atoms with Crippen LogP contribution in [-0.4, -0.2) is 28.1 Å². The predicted molar refractivity (Wildman–Crippen MR) is 81.1 cm³/mol. The molecule has 0 atom stereocenters. The van der Waals surface area contributed by atoms with Crippen molar-refractivity contribution in [2.24, 2.45) is 0 Å². The smallest absolute Gasteiger partial charge is 0.0769 e. The third kappa shape index (κ3) is 4.26. The molecule has 100 valence electrons. The van der Waals surface area contributed by atoms with Crippen molar-refractivity contribution in [3.05, 3.63) is 52.0 Å². The Morgan fingerprint density at radius 1 is 1.32 bits per heavy atom. The molecule has 2 rings (SSSR count). The quantitative estimate of drug-likeness (QED) is 0.836. The van der Waals surface area contributed by atoms with Crippen LogP contribution in [0.15, 0.2) is 35.9 Å². The minimum absolute atomic E-state index is 0.906. The van der Waals surface area contributed by atoms with Crippen LogP contribution in [-0.2, 0) is 6.54 Å². The van der Waals surface area contributed by atoms with Gasteiger partial charge in [0.2, 0.25) is 0 Å². The SMILES string of the molecule is CC(=Cc1ccccc1)CN(C)Cc1snnc1C. The average molecular weight is 273 g/mol. The molecule has 0 aliphatic heterocycles. The molecule has 2 aromatic rings. The molecule has 1 aromatic heterocycles. The third-order valence-electron chi connectivity index (χ3n) is 2.89. The number of nitrogens with zero attached hydrogens (tertiary/aromatic N) is 3. The van der Waals surface area contributed by atoms with Crippen molar-refractivity contribution in [3.63, 3.8) is 0 Å². The van der Waals surface area contributed by atoms with Crippen molar-refractivity contribution in [2.75, 3.05) is 13.6 Å². The lowest BCUT2D eigenvalue weighted by Crippen LogP contribution is -2.19. The van der Waals surface area contributed by atoms with Gasteiger partial charge in [0.25, 0.3) is 0 Å². The van der Waals surface area contributed by atoms with E-state index in [1.807, 2.05) is 13.0 Å². The van der Waals surface area contributed by atoms with Gasteiger partial charge in [-0.05, 0) is 38.0 Å². The molecule has 19 heavy (non-hydrogen) atoms. The fourth-order valence-corrected chi connectivity index (χ4v) is 2.72. The summed E-state index contributed by atoms with van der Waals surface area (Å²) in [6.07, 6.45) is 2.23. The van der Waals surface area contributed by atoms with E-state index in [9.17, 15) is 0 Å². The van der Waals surface area contributed by atoms with Crippen molar-refractivity contribution in [1.29, 1.82) is 0 Å². The Balaban J connectivity index is 1.94. The van der Waals surface area contributed by atoms with Gasteiger partial charge >= 0.3 is 0 Å². The minimum atomic E-state index is 0.906. The van der Waals surface area contributed by atoms with Crippen molar-refractivity contribution in [3.8, 4) is 0 Å². The Morgan fingerprint density at radius 2 is 2.05 bits per heavy atom. The molecule has 0 aliphatic carbocycles. The first-order valence-corrected chi connectivity index (χ1v) is 7.11. The van der Waals surface area contributed by atoms with Crippen LogP contribution in [0.1, 0.15) is 23.1 Å². The van der Waals surface area contributed by atoms with Crippen molar-refractivity contribution < 1.29 is 0 Å². The summed E-state index contributed by atoms with van der Waals surface area (Å²) in [7, 11) is 2.13. The van der Waals surface area contributed by atoms with E-state index in [-0.39, 0.29) is 0 Å². The molecule has 0 radical (unpaired) electrons. The third-order valence-corrected chi connectivity index (χ3v) is 3.70. The second kappa shape index (κ2) is 6.59. The monoisotopic (exact) mass is 273 g/mol. The highest BCUT2D eigenvalue weighted by Gasteiger charge is 2.07. The molecular weight excluding hydrogens is 254 g/mol. The number of aryl methyl sites for hydroxylation is 1. The molecule has 0 aliphatic rings. The van der Waals surface area contributed by atoms with E-state index in [0.717, 1.165) is 18.8 Å². The minimum Gasteiger partial charge on any atom is -0.297 e. The molecule has 0 bridgehead atoms. The predicted octanol–water partition coefficient (Wildman–Crippen LogP) is 3.38. The molecule has 0 saturated heterocycles. The van der Waals surface area contributed by atoms with E-state index in [1.54, 1.807) is 0 Å². The maximum absolute atomic E-state index is 4.04. The van der Waals surface area contributed by atoms with Crippen molar-refractivity contribution in [1.82, 2.24) is 14.5 Å². The van der Waals surface area contributed by atoms with Crippen LogP contribution in [0.4, 0.5) is 0 Å². The Morgan fingerprint density at radius 3 is 2.68 bits per heavy atom. The largest absolute Gasteiger partial charge is 0.297 e.